The monoisotopic (exact) mass is 349 g/mol. The van der Waals surface area contributed by atoms with Crippen LogP contribution in [-0.4, -0.2) is 33.5 Å². The first kappa shape index (κ1) is 16.6. The van der Waals surface area contributed by atoms with Gasteiger partial charge in [-0.3, -0.25) is 9.78 Å². The van der Waals surface area contributed by atoms with Crippen molar-refractivity contribution in [2.24, 2.45) is 13.0 Å². The highest BCUT2D eigenvalue weighted by Gasteiger charge is 2.28. The van der Waals surface area contributed by atoms with Gasteiger partial charge in [0, 0.05) is 26.3 Å². The number of aryl methyl sites for hydroxylation is 1. The molecule has 3 aromatic rings. The van der Waals surface area contributed by atoms with E-state index in [2.05, 4.69) is 25.8 Å². The molecule has 0 bridgehead atoms. The predicted molar refractivity (Wildman–Crippen MR) is 102 cm³/mol. The number of para-hydroxylation sites is 2. The summed E-state index contributed by atoms with van der Waals surface area (Å²) in [6.07, 6.45) is 3.65. The molecule has 1 N–H and O–H groups in total. The quantitative estimate of drug-likeness (QED) is 0.786. The lowest BCUT2D eigenvalue weighted by molar-refractivity contribution is -0.125. The summed E-state index contributed by atoms with van der Waals surface area (Å²) in [5, 5.41) is 3.03. The van der Waals surface area contributed by atoms with Crippen LogP contribution in [0.2, 0.25) is 0 Å². The Morgan fingerprint density at radius 3 is 2.88 bits per heavy atom. The molecule has 0 radical (unpaired) electrons. The van der Waals surface area contributed by atoms with Crippen LogP contribution in [0.3, 0.4) is 0 Å². The number of piperidine rings is 1. The van der Waals surface area contributed by atoms with Crippen LogP contribution in [0, 0.1) is 5.92 Å². The van der Waals surface area contributed by atoms with Crippen molar-refractivity contribution in [3.63, 3.8) is 0 Å². The van der Waals surface area contributed by atoms with Crippen LogP contribution in [0.1, 0.15) is 18.5 Å². The predicted octanol–water partition coefficient (Wildman–Crippen LogP) is 2.50. The smallest absolute Gasteiger partial charge is 0.225 e. The zero-order chi connectivity index (χ0) is 17.9. The average Bonchev–Trinajstić information content (AvgIpc) is 3.04. The molecule has 3 heterocycles. The Balaban J connectivity index is 1.45. The Kier molecular flexibility index (Phi) is 4.56. The maximum absolute atomic E-state index is 12.6. The van der Waals surface area contributed by atoms with E-state index in [4.69, 9.17) is 4.98 Å². The minimum absolute atomic E-state index is 0.0210. The highest BCUT2D eigenvalue weighted by atomic mass is 16.1. The molecule has 134 valence electrons. The average molecular weight is 349 g/mol. The van der Waals surface area contributed by atoms with Crippen LogP contribution in [0.15, 0.2) is 48.7 Å². The van der Waals surface area contributed by atoms with E-state index in [1.807, 2.05) is 43.4 Å². The van der Waals surface area contributed by atoms with Crippen molar-refractivity contribution in [2.45, 2.75) is 19.4 Å². The van der Waals surface area contributed by atoms with Gasteiger partial charge in [-0.1, -0.05) is 18.2 Å². The van der Waals surface area contributed by atoms with Gasteiger partial charge >= 0.3 is 0 Å². The van der Waals surface area contributed by atoms with Crippen LogP contribution in [0.4, 0.5) is 5.95 Å². The van der Waals surface area contributed by atoms with E-state index in [1.54, 1.807) is 6.20 Å². The lowest BCUT2D eigenvalue weighted by Gasteiger charge is -2.32. The Labute approximate surface area is 152 Å². The summed E-state index contributed by atoms with van der Waals surface area (Å²) in [6.45, 7) is 2.11. The van der Waals surface area contributed by atoms with E-state index in [0.29, 0.717) is 13.1 Å². The number of fused-ring (bicyclic) bond motifs is 1. The van der Waals surface area contributed by atoms with Gasteiger partial charge in [0.1, 0.15) is 0 Å². The third kappa shape index (κ3) is 3.27. The standard InChI is InChI=1S/C20H23N5O/c1-24-18-10-3-2-9-17(18)23-20(24)25-12-6-7-15(14-25)19(26)22-13-16-8-4-5-11-21-16/h2-5,8-11,15H,6-7,12-14H2,1H3,(H,22,26)/t15-/m0/s1. The third-order valence-electron chi connectivity index (χ3n) is 5.01. The summed E-state index contributed by atoms with van der Waals surface area (Å²) in [6, 6.07) is 13.9. The van der Waals surface area contributed by atoms with Gasteiger partial charge in [0.15, 0.2) is 0 Å². The fourth-order valence-corrected chi connectivity index (χ4v) is 3.61. The van der Waals surface area contributed by atoms with Crippen molar-refractivity contribution in [2.75, 3.05) is 18.0 Å². The molecule has 1 aliphatic heterocycles. The number of pyridine rings is 1. The number of carbonyl (C=O) groups is 1. The van der Waals surface area contributed by atoms with Crippen molar-refractivity contribution in [1.29, 1.82) is 0 Å². The van der Waals surface area contributed by atoms with Gasteiger partial charge in [0.2, 0.25) is 11.9 Å². The second-order valence-electron chi connectivity index (χ2n) is 6.78. The molecular weight excluding hydrogens is 326 g/mol. The SMILES string of the molecule is Cn1c(N2CCC[C@H](C(=O)NCc3ccccn3)C2)nc2ccccc21. The number of carbonyl (C=O) groups excluding carboxylic acids is 1. The highest BCUT2D eigenvalue weighted by molar-refractivity contribution is 5.81. The summed E-state index contributed by atoms with van der Waals surface area (Å²) >= 11 is 0. The number of rotatable bonds is 4. The summed E-state index contributed by atoms with van der Waals surface area (Å²) in [5.74, 6) is 1.01. The Bertz CT molecular complexity index is 905. The minimum atomic E-state index is -0.0210. The number of anilines is 1. The molecule has 1 fully saturated rings. The highest BCUT2D eigenvalue weighted by Crippen LogP contribution is 2.26. The molecule has 4 rings (SSSR count). The number of nitrogens with one attached hydrogen (secondary N) is 1. The Morgan fingerprint density at radius 2 is 2.08 bits per heavy atom. The number of benzene rings is 1. The second kappa shape index (κ2) is 7.15. The van der Waals surface area contributed by atoms with Crippen LogP contribution in [-0.2, 0) is 18.4 Å². The first-order chi connectivity index (χ1) is 12.7. The molecule has 1 aliphatic rings. The first-order valence-corrected chi connectivity index (χ1v) is 9.06. The van der Waals surface area contributed by atoms with Gasteiger partial charge in [-0.05, 0) is 37.1 Å². The molecule has 1 aromatic carbocycles. The van der Waals surface area contributed by atoms with Crippen molar-refractivity contribution in [1.82, 2.24) is 19.9 Å². The zero-order valence-corrected chi connectivity index (χ0v) is 14.9. The molecule has 26 heavy (non-hydrogen) atoms. The Hall–Kier alpha value is -2.89. The maximum atomic E-state index is 12.6. The van der Waals surface area contributed by atoms with E-state index >= 15 is 0 Å². The van der Waals surface area contributed by atoms with Crippen LogP contribution in [0.5, 0.6) is 0 Å². The maximum Gasteiger partial charge on any atom is 0.225 e. The molecule has 0 aliphatic carbocycles. The molecule has 1 amide bonds. The van der Waals surface area contributed by atoms with Crippen LogP contribution < -0.4 is 10.2 Å². The fourth-order valence-electron chi connectivity index (χ4n) is 3.61. The van der Waals surface area contributed by atoms with E-state index in [0.717, 1.165) is 42.1 Å². The van der Waals surface area contributed by atoms with Crippen molar-refractivity contribution < 1.29 is 4.79 Å². The number of aromatic nitrogens is 3. The molecule has 1 atom stereocenters. The molecule has 6 heteroatoms. The summed E-state index contributed by atoms with van der Waals surface area (Å²) in [4.78, 5) is 23.9. The van der Waals surface area contributed by atoms with Gasteiger partial charge in [0.25, 0.3) is 0 Å². The molecule has 2 aromatic heterocycles. The number of nitrogens with zero attached hydrogens (tertiary/aromatic N) is 4. The number of hydrogen-bond donors (Lipinski definition) is 1. The molecule has 0 unspecified atom stereocenters. The Morgan fingerprint density at radius 1 is 1.23 bits per heavy atom. The number of amides is 1. The van der Waals surface area contributed by atoms with Crippen LogP contribution in [0.25, 0.3) is 11.0 Å². The number of imidazole rings is 1. The largest absolute Gasteiger partial charge is 0.350 e. The molecule has 0 saturated carbocycles. The van der Waals surface area contributed by atoms with E-state index in [9.17, 15) is 4.79 Å². The molecular formula is C20H23N5O. The molecule has 0 spiro atoms. The van der Waals surface area contributed by atoms with Gasteiger partial charge in [-0.2, -0.15) is 0 Å². The van der Waals surface area contributed by atoms with E-state index < -0.39 is 0 Å². The van der Waals surface area contributed by atoms with Gasteiger partial charge in [-0.25, -0.2) is 4.98 Å². The van der Waals surface area contributed by atoms with Gasteiger partial charge < -0.3 is 14.8 Å². The number of hydrogen-bond acceptors (Lipinski definition) is 4. The summed E-state index contributed by atoms with van der Waals surface area (Å²) < 4.78 is 2.11. The van der Waals surface area contributed by atoms with Crippen molar-refractivity contribution in [3.8, 4) is 0 Å². The summed E-state index contributed by atoms with van der Waals surface area (Å²) in [5.41, 5.74) is 2.99. The summed E-state index contributed by atoms with van der Waals surface area (Å²) in [7, 11) is 2.04. The van der Waals surface area contributed by atoms with Crippen molar-refractivity contribution >= 4 is 22.9 Å². The van der Waals surface area contributed by atoms with Gasteiger partial charge in [0.05, 0.1) is 29.2 Å². The lowest BCUT2D eigenvalue weighted by Crippen LogP contribution is -2.43. The molecule has 6 nitrogen and oxygen atoms in total. The minimum Gasteiger partial charge on any atom is -0.350 e. The third-order valence-corrected chi connectivity index (χ3v) is 5.01. The first-order valence-electron chi connectivity index (χ1n) is 9.06. The second-order valence-corrected chi connectivity index (χ2v) is 6.78. The lowest BCUT2D eigenvalue weighted by atomic mass is 9.97. The fraction of sp³-hybridized carbons (Fsp3) is 0.350. The normalized spacial score (nSPS) is 17.4. The van der Waals surface area contributed by atoms with E-state index in [1.165, 1.54) is 0 Å². The van der Waals surface area contributed by atoms with E-state index in [-0.39, 0.29) is 11.8 Å². The van der Waals surface area contributed by atoms with Crippen LogP contribution >= 0.6 is 0 Å². The van der Waals surface area contributed by atoms with Crippen molar-refractivity contribution in [3.05, 3.63) is 54.4 Å². The molecule has 1 saturated heterocycles. The topological polar surface area (TPSA) is 63.1 Å². The van der Waals surface area contributed by atoms with Gasteiger partial charge in [-0.15, -0.1) is 0 Å². The zero-order valence-electron chi connectivity index (χ0n) is 14.9.